The van der Waals surface area contributed by atoms with Crippen LogP contribution in [0.25, 0.3) is 0 Å². The second kappa shape index (κ2) is 5.23. The zero-order valence-corrected chi connectivity index (χ0v) is 10.4. The van der Waals surface area contributed by atoms with Crippen LogP contribution >= 0.6 is 11.6 Å². The van der Waals surface area contributed by atoms with Crippen molar-refractivity contribution < 1.29 is 9.18 Å². The highest BCUT2D eigenvalue weighted by atomic mass is 35.5. The van der Waals surface area contributed by atoms with Crippen LogP contribution in [-0.4, -0.2) is 16.0 Å². The molecule has 0 bridgehead atoms. The van der Waals surface area contributed by atoms with E-state index in [1.165, 1.54) is 18.2 Å². The van der Waals surface area contributed by atoms with E-state index in [-0.39, 0.29) is 23.2 Å². The average Bonchev–Trinajstić information content (AvgIpc) is 2.35. The molecule has 0 fully saturated rings. The molecule has 92 valence electrons. The van der Waals surface area contributed by atoms with Crippen LogP contribution in [-0.2, 0) is 6.42 Å². The Kier molecular flexibility index (Phi) is 3.67. The summed E-state index contributed by atoms with van der Waals surface area (Å²) < 4.78 is 13.1. The molecule has 0 aliphatic carbocycles. The Hall–Kier alpha value is -1.81. The molecule has 1 aromatic heterocycles. The molecular formula is C13H10ClFN2O. The van der Waals surface area contributed by atoms with Gasteiger partial charge in [0.05, 0.1) is 12.1 Å². The van der Waals surface area contributed by atoms with Gasteiger partial charge in [0.1, 0.15) is 5.82 Å². The molecule has 1 heterocycles. The molecule has 5 heteroatoms. The third kappa shape index (κ3) is 2.90. The fourth-order valence-corrected chi connectivity index (χ4v) is 1.62. The van der Waals surface area contributed by atoms with E-state index in [0.29, 0.717) is 16.8 Å². The van der Waals surface area contributed by atoms with Gasteiger partial charge in [-0.15, -0.1) is 5.10 Å². The number of halogens is 2. The minimum absolute atomic E-state index is 0.120. The molecule has 0 saturated carbocycles. The van der Waals surface area contributed by atoms with Crippen LogP contribution in [0.1, 0.15) is 21.6 Å². The normalized spacial score (nSPS) is 10.4. The second-order valence-electron chi connectivity index (χ2n) is 3.91. The topological polar surface area (TPSA) is 42.9 Å². The number of rotatable bonds is 3. The maximum Gasteiger partial charge on any atom is 0.168 e. The number of carbonyl (C=O) groups is 1. The Morgan fingerprint density at radius 3 is 2.67 bits per heavy atom. The zero-order valence-electron chi connectivity index (χ0n) is 9.65. The van der Waals surface area contributed by atoms with Gasteiger partial charge in [0.15, 0.2) is 10.9 Å². The van der Waals surface area contributed by atoms with Crippen molar-refractivity contribution in [1.82, 2.24) is 10.2 Å². The van der Waals surface area contributed by atoms with Crippen molar-refractivity contribution in [2.75, 3.05) is 0 Å². The summed E-state index contributed by atoms with van der Waals surface area (Å²) in [6.45, 7) is 1.62. The highest BCUT2D eigenvalue weighted by Gasteiger charge is 2.10. The van der Waals surface area contributed by atoms with Crippen LogP contribution in [0.3, 0.4) is 0 Å². The van der Waals surface area contributed by atoms with Gasteiger partial charge in [-0.3, -0.25) is 4.79 Å². The van der Waals surface area contributed by atoms with E-state index in [4.69, 9.17) is 11.6 Å². The first-order chi connectivity index (χ1) is 8.56. The Balaban J connectivity index is 2.16. The summed E-state index contributed by atoms with van der Waals surface area (Å²) in [4.78, 5) is 11.9. The summed E-state index contributed by atoms with van der Waals surface area (Å²) in [7, 11) is 0. The molecule has 0 radical (unpaired) electrons. The third-order valence-corrected chi connectivity index (χ3v) is 2.71. The van der Waals surface area contributed by atoms with E-state index in [9.17, 15) is 9.18 Å². The first-order valence-electron chi connectivity index (χ1n) is 5.34. The van der Waals surface area contributed by atoms with Gasteiger partial charge in [-0.25, -0.2) is 4.39 Å². The molecule has 2 aromatic rings. The number of benzene rings is 1. The van der Waals surface area contributed by atoms with Crippen LogP contribution in [0.2, 0.25) is 5.15 Å². The molecule has 0 saturated heterocycles. The highest BCUT2D eigenvalue weighted by Crippen LogP contribution is 2.12. The number of hydrogen-bond donors (Lipinski definition) is 0. The third-order valence-electron chi connectivity index (χ3n) is 2.51. The van der Waals surface area contributed by atoms with Crippen molar-refractivity contribution in [2.45, 2.75) is 13.3 Å². The van der Waals surface area contributed by atoms with Gasteiger partial charge >= 0.3 is 0 Å². The van der Waals surface area contributed by atoms with Crippen LogP contribution in [0.5, 0.6) is 0 Å². The molecule has 0 unspecified atom stereocenters. The standard InChI is InChI=1S/C13H10ClFN2O/c1-8-6-9(2-4-11(8)15)12(18)7-10-3-5-13(14)17-16-10/h2-6H,7H2,1H3. The fourth-order valence-electron chi connectivity index (χ4n) is 1.52. The number of ketones is 1. The Morgan fingerprint density at radius 1 is 1.28 bits per heavy atom. The van der Waals surface area contributed by atoms with Gasteiger partial charge in [0.2, 0.25) is 0 Å². The van der Waals surface area contributed by atoms with Gasteiger partial charge in [-0.1, -0.05) is 11.6 Å². The van der Waals surface area contributed by atoms with E-state index in [1.807, 2.05) is 0 Å². The van der Waals surface area contributed by atoms with Crippen molar-refractivity contribution in [3.8, 4) is 0 Å². The van der Waals surface area contributed by atoms with Gasteiger partial charge in [0, 0.05) is 5.56 Å². The fraction of sp³-hybridized carbons (Fsp3) is 0.154. The second-order valence-corrected chi connectivity index (χ2v) is 4.30. The molecule has 0 spiro atoms. The summed E-state index contributed by atoms with van der Waals surface area (Å²) in [6, 6.07) is 7.50. The van der Waals surface area contributed by atoms with Gasteiger partial charge in [0.25, 0.3) is 0 Å². The summed E-state index contributed by atoms with van der Waals surface area (Å²) in [5.74, 6) is -0.451. The molecule has 2 rings (SSSR count). The number of Topliss-reactive ketones (excluding diaryl/α,β-unsaturated/α-hetero) is 1. The van der Waals surface area contributed by atoms with Crippen molar-refractivity contribution in [1.29, 1.82) is 0 Å². The SMILES string of the molecule is Cc1cc(C(=O)Cc2ccc(Cl)nn2)ccc1F. The molecule has 0 aliphatic heterocycles. The number of hydrogen-bond acceptors (Lipinski definition) is 3. The molecule has 0 N–H and O–H groups in total. The number of aryl methyl sites for hydroxylation is 1. The number of carbonyl (C=O) groups excluding carboxylic acids is 1. The monoisotopic (exact) mass is 264 g/mol. The summed E-state index contributed by atoms with van der Waals surface area (Å²) >= 11 is 5.60. The Bertz CT molecular complexity index is 584. The van der Waals surface area contributed by atoms with Gasteiger partial charge in [-0.2, -0.15) is 5.10 Å². The molecule has 0 amide bonds. The number of aromatic nitrogens is 2. The van der Waals surface area contributed by atoms with Crippen LogP contribution in [0.4, 0.5) is 4.39 Å². The average molecular weight is 265 g/mol. The Labute approximate surface area is 109 Å². The zero-order chi connectivity index (χ0) is 13.1. The van der Waals surface area contributed by atoms with Crippen LogP contribution in [0, 0.1) is 12.7 Å². The quantitative estimate of drug-likeness (QED) is 0.801. The van der Waals surface area contributed by atoms with E-state index < -0.39 is 0 Å². The first-order valence-corrected chi connectivity index (χ1v) is 5.71. The van der Waals surface area contributed by atoms with Crippen molar-refractivity contribution >= 4 is 17.4 Å². The van der Waals surface area contributed by atoms with E-state index in [0.717, 1.165) is 0 Å². The lowest BCUT2D eigenvalue weighted by molar-refractivity contribution is 0.0991. The van der Waals surface area contributed by atoms with E-state index in [1.54, 1.807) is 19.1 Å². The van der Waals surface area contributed by atoms with Crippen molar-refractivity contribution in [2.24, 2.45) is 0 Å². The predicted octanol–water partition coefficient (Wildman–Crippen LogP) is 3.00. The van der Waals surface area contributed by atoms with E-state index >= 15 is 0 Å². The van der Waals surface area contributed by atoms with Crippen molar-refractivity contribution in [3.05, 3.63) is 58.1 Å². The lowest BCUT2D eigenvalue weighted by atomic mass is 10.0. The maximum atomic E-state index is 13.1. The predicted molar refractivity (Wildman–Crippen MR) is 66.2 cm³/mol. The molecular weight excluding hydrogens is 255 g/mol. The number of nitrogens with zero attached hydrogens (tertiary/aromatic N) is 2. The highest BCUT2D eigenvalue weighted by molar-refractivity contribution is 6.29. The smallest absolute Gasteiger partial charge is 0.168 e. The van der Waals surface area contributed by atoms with E-state index in [2.05, 4.69) is 10.2 Å². The molecule has 18 heavy (non-hydrogen) atoms. The van der Waals surface area contributed by atoms with Gasteiger partial charge in [-0.05, 0) is 42.8 Å². The molecule has 1 aromatic carbocycles. The lowest BCUT2D eigenvalue weighted by Crippen LogP contribution is -2.06. The summed E-state index contributed by atoms with van der Waals surface area (Å²) in [6.07, 6.45) is 0.120. The largest absolute Gasteiger partial charge is 0.294 e. The molecule has 0 aliphatic rings. The minimum atomic E-state index is -0.321. The molecule has 0 atom stereocenters. The van der Waals surface area contributed by atoms with Crippen molar-refractivity contribution in [3.63, 3.8) is 0 Å². The first kappa shape index (κ1) is 12.6. The summed E-state index contributed by atoms with van der Waals surface area (Å²) in [5.41, 5.74) is 1.44. The maximum absolute atomic E-state index is 13.1. The minimum Gasteiger partial charge on any atom is -0.294 e. The lowest BCUT2D eigenvalue weighted by Gasteiger charge is -2.02. The van der Waals surface area contributed by atoms with Crippen LogP contribution in [0.15, 0.2) is 30.3 Å². The Morgan fingerprint density at radius 2 is 2.06 bits per heavy atom. The van der Waals surface area contributed by atoms with Crippen LogP contribution < -0.4 is 0 Å². The summed E-state index contributed by atoms with van der Waals surface area (Å²) in [5, 5.41) is 7.75. The van der Waals surface area contributed by atoms with Gasteiger partial charge < -0.3 is 0 Å². The molecule has 3 nitrogen and oxygen atoms in total.